The van der Waals surface area contributed by atoms with Crippen molar-refractivity contribution in [1.29, 1.82) is 0 Å². The molecule has 0 aliphatic carbocycles. The molecule has 2 aromatic rings. The van der Waals surface area contributed by atoms with E-state index in [1.54, 1.807) is 48.5 Å². The average Bonchev–Trinajstić information content (AvgIpc) is 2.49. The van der Waals surface area contributed by atoms with Crippen LogP contribution in [0, 0.1) is 0 Å². The first-order chi connectivity index (χ1) is 10.1. The van der Waals surface area contributed by atoms with Crippen LogP contribution in [0.15, 0.2) is 48.5 Å². The van der Waals surface area contributed by atoms with Crippen molar-refractivity contribution in [1.82, 2.24) is 0 Å². The van der Waals surface area contributed by atoms with Gasteiger partial charge in [-0.15, -0.1) is 0 Å². The first-order valence-electron chi connectivity index (χ1n) is 6.58. The molecular weight excluding hydrogens is 290 g/mol. The summed E-state index contributed by atoms with van der Waals surface area (Å²) in [7, 11) is 0. The molecule has 0 saturated heterocycles. The molecular formula is C16H16ClNO3. The fourth-order valence-electron chi connectivity index (χ4n) is 1.85. The third kappa shape index (κ3) is 3.97. The normalized spacial score (nSPS) is 11.8. The molecule has 0 aliphatic heterocycles. The topological polar surface area (TPSA) is 58.6 Å². The Hall–Kier alpha value is -2.04. The maximum Gasteiger partial charge on any atom is 0.257 e. The van der Waals surface area contributed by atoms with E-state index in [-0.39, 0.29) is 0 Å². The standard InChI is InChI=1S/C16H16ClNO3/c1-2-21-12-9-7-11(8-10-12)18-16(20)15(19)13-5-3-4-6-14(13)17/h3-10,15,19H,2H2,1H3,(H,18,20). The molecule has 110 valence electrons. The highest BCUT2D eigenvalue weighted by Gasteiger charge is 2.19. The number of rotatable bonds is 5. The van der Waals surface area contributed by atoms with Crippen molar-refractivity contribution in [3.63, 3.8) is 0 Å². The molecule has 0 saturated carbocycles. The summed E-state index contributed by atoms with van der Waals surface area (Å²) in [4.78, 5) is 12.0. The van der Waals surface area contributed by atoms with Crippen LogP contribution in [0.25, 0.3) is 0 Å². The van der Waals surface area contributed by atoms with Gasteiger partial charge < -0.3 is 15.2 Å². The van der Waals surface area contributed by atoms with E-state index in [0.717, 1.165) is 5.75 Å². The van der Waals surface area contributed by atoms with Gasteiger partial charge in [0.2, 0.25) is 0 Å². The first-order valence-corrected chi connectivity index (χ1v) is 6.96. The molecule has 0 radical (unpaired) electrons. The SMILES string of the molecule is CCOc1ccc(NC(=O)C(O)c2ccccc2Cl)cc1. The summed E-state index contributed by atoms with van der Waals surface area (Å²) in [5.41, 5.74) is 0.956. The number of halogens is 1. The predicted molar refractivity (Wildman–Crippen MR) is 82.7 cm³/mol. The number of nitrogens with one attached hydrogen (secondary N) is 1. The fourth-order valence-corrected chi connectivity index (χ4v) is 2.09. The summed E-state index contributed by atoms with van der Waals surface area (Å²) in [5, 5.41) is 13.0. The van der Waals surface area contributed by atoms with Gasteiger partial charge in [-0.25, -0.2) is 0 Å². The van der Waals surface area contributed by atoms with E-state index in [1.165, 1.54) is 0 Å². The molecule has 1 atom stereocenters. The van der Waals surface area contributed by atoms with Gasteiger partial charge in [0.1, 0.15) is 5.75 Å². The molecule has 2 N–H and O–H groups in total. The second-order valence-electron chi connectivity index (χ2n) is 4.37. The van der Waals surface area contributed by atoms with Crippen molar-refractivity contribution < 1.29 is 14.6 Å². The Balaban J connectivity index is 2.05. The zero-order valence-electron chi connectivity index (χ0n) is 11.5. The van der Waals surface area contributed by atoms with Crippen molar-refractivity contribution >= 4 is 23.2 Å². The van der Waals surface area contributed by atoms with Crippen LogP contribution in [-0.4, -0.2) is 17.6 Å². The maximum absolute atomic E-state index is 12.0. The fraction of sp³-hybridized carbons (Fsp3) is 0.188. The van der Waals surface area contributed by atoms with E-state index >= 15 is 0 Å². The molecule has 1 amide bonds. The van der Waals surface area contributed by atoms with E-state index in [4.69, 9.17) is 16.3 Å². The van der Waals surface area contributed by atoms with Crippen molar-refractivity contribution in [3.05, 3.63) is 59.1 Å². The second-order valence-corrected chi connectivity index (χ2v) is 4.78. The van der Waals surface area contributed by atoms with Crippen molar-refractivity contribution in [2.45, 2.75) is 13.0 Å². The number of aliphatic hydroxyl groups is 1. The minimum absolute atomic E-state index is 0.354. The Morgan fingerprint density at radius 1 is 1.24 bits per heavy atom. The number of carbonyl (C=O) groups is 1. The number of hydrogen-bond acceptors (Lipinski definition) is 3. The number of benzene rings is 2. The van der Waals surface area contributed by atoms with Crippen LogP contribution in [0.1, 0.15) is 18.6 Å². The van der Waals surface area contributed by atoms with Gasteiger partial charge in [0.15, 0.2) is 6.10 Å². The van der Waals surface area contributed by atoms with Crippen LogP contribution in [0.5, 0.6) is 5.75 Å². The van der Waals surface area contributed by atoms with E-state index in [1.807, 2.05) is 6.92 Å². The number of ether oxygens (including phenoxy) is 1. The predicted octanol–water partition coefficient (Wildman–Crippen LogP) is 3.41. The van der Waals surface area contributed by atoms with E-state index in [0.29, 0.717) is 22.9 Å². The van der Waals surface area contributed by atoms with Crippen LogP contribution in [-0.2, 0) is 4.79 Å². The van der Waals surface area contributed by atoms with E-state index in [2.05, 4.69) is 5.32 Å². The van der Waals surface area contributed by atoms with Crippen LogP contribution in [0.3, 0.4) is 0 Å². The molecule has 0 heterocycles. The Labute approximate surface area is 128 Å². The lowest BCUT2D eigenvalue weighted by atomic mass is 10.1. The van der Waals surface area contributed by atoms with Crippen LogP contribution < -0.4 is 10.1 Å². The Bertz CT molecular complexity index is 613. The summed E-state index contributed by atoms with van der Waals surface area (Å²) < 4.78 is 5.32. The van der Waals surface area contributed by atoms with Crippen molar-refractivity contribution in [2.75, 3.05) is 11.9 Å². The number of carbonyl (C=O) groups excluding carboxylic acids is 1. The maximum atomic E-state index is 12.0. The molecule has 1 unspecified atom stereocenters. The van der Waals surface area contributed by atoms with E-state index in [9.17, 15) is 9.90 Å². The molecule has 0 aromatic heterocycles. The Kier molecular flexibility index (Phi) is 5.20. The lowest BCUT2D eigenvalue weighted by Gasteiger charge is -2.13. The lowest BCUT2D eigenvalue weighted by Crippen LogP contribution is -2.21. The second kappa shape index (κ2) is 7.11. The summed E-state index contributed by atoms with van der Waals surface area (Å²) in [5.74, 6) is 0.189. The van der Waals surface area contributed by atoms with Crippen molar-refractivity contribution in [3.8, 4) is 5.75 Å². The Morgan fingerprint density at radius 2 is 1.90 bits per heavy atom. The zero-order valence-corrected chi connectivity index (χ0v) is 12.3. The molecule has 2 aromatic carbocycles. The molecule has 21 heavy (non-hydrogen) atoms. The van der Waals surface area contributed by atoms with Crippen LogP contribution >= 0.6 is 11.6 Å². The smallest absolute Gasteiger partial charge is 0.257 e. The zero-order chi connectivity index (χ0) is 15.2. The minimum Gasteiger partial charge on any atom is -0.494 e. The largest absolute Gasteiger partial charge is 0.494 e. The van der Waals surface area contributed by atoms with Gasteiger partial charge in [-0.1, -0.05) is 29.8 Å². The number of amides is 1. The van der Waals surface area contributed by atoms with Gasteiger partial charge in [0.25, 0.3) is 5.91 Å². The Morgan fingerprint density at radius 3 is 2.52 bits per heavy atom. The number of anilines is 1. The van der Waals surface area contributed by atoms with Gasteiger partial charge in [0.05, 0.1) is 6.61 Å². The molecule has 2 rings (SSSR count). The van der Waals surface area contributed by atoms with Gasteiger partial charge in [-0.05, 0) is 37.3 Å². The van der Waals surface area contributed by atoms with Gasteiger partial charge in [-0.2, -0.15) is 0 Å². The highest BCUT2D eigenvalue weighted by molar-refractivity contribution is 6.31. The lowest BCUT2D eigenvalue weighted by molar-refractivity contribution is -0.124. The highest BCUT2D eigenvalue weighted by atomic mass is 35.5. The molecule has 0 spiro atoms. The monoisotopic (exact) mass is 305 g/mol. The van der Waals surface area contributed by atoms with Crippen molar-refractivity contribution in [2.24, 2.45) is 0 Å². The van der Waals surface area contributed by atoms with Gasteiger partial charge in [-0.3, -0.25) is 4.79 Å². The van der Waals surface area contributed by atoms with Crippen LogP contribution in [0.4, 0.5) is 5.69 Å². The summed E-state index contributed by atoms with van der Waals surface area (Å²) >= 11 is 5.97. The third-order valence-corrected chi connectivity index (χ3v) is 3.23. The molecule has 0 aliphatic rings. The van der Waals surface area contributed by atoms with Gasteiger partial charge >= 0.3 is 0 Å². The first kappa shape index (κ1) is 15.4. The van der Waals surface area contributed by atoms with Gasteiger partial charge in [0, 0.05) is 16.3 Å². The quantitative estimate of drug-likeness (QED) is 0.890. The molecule has 0 bridgehead atoms. The summed E-state index contributed by atoms with van der Waals surface area (Å²) in [6.07, 6.45) is -1.31. The summed E-state index contributed by atoms with van der Waals surface area (Å²) in [6.45, 7) is 2.48. The number of aliphatic hydroxyl groups excluding tert-OH is 1. The highest BCUT2D eigenvalue weighted by Crippen LogP contribution is 2.24. The minimum atomic E-state index is -1.31. The van der Waals surface area contributed by atoms with E-state index < -0.39 is 12.0 Å². The molecule has 4 nitrogen and oxygen atoms in total. The number of hydrogen-bond donors (Lipinski definition) is 2. The third-order valence-electron chi connectivity index (χ3n) is 2.88. The summed E-state index contributed by atoms with van der Waals surface area (Å²) in [6, 6.07) is 13.6. The molecule has 0 fully saturated rings. The van der Waals surface area contributed by atoms with Crippen LogP contribution in [0.2, 0.25) is 5.02 Å². The molecule has 5 heteroatoms. The average molecular weight is 306 g/mol.